The van der Waals surface area contributed by atoms with Crippen LogP contribution < -0.4 is 4.31 Å². The number of para-hydroxylation sites is 1. The van der Waals surface area contributed by atoms with Crippen LogP contribution >= 0.6 is 0 Å². The predicted octanol–water partition coefficient (Wildman–Crippen LogP) is 1.65. The number of esters is 1. The van der Waals surface area contributed by atoms with Crippen LogP contribution in [0.5, 0.6) is 0 Å². The Balaban J connectivity index is 3.21. The van der Waals surface area contributed by atoms with Crippen LogP contribution in [0.25, 0.3) is 0 Å². The van der Waals surface area contributed by atoms with Crippen molar-refractivity contribution >= 4 is 21.7 Å². The normalized spacial score (nSPS) is 11.1. The number of carbonyl (C=O) groups is 1. The molecule has 0 saturated carbocycles. The molecule has 0 saturated heterocycles. The summed E-state index contributed by atoms with van der Waals surface area (Å²) in [7, 11) is -0.701. The molecule has 0 bridgehead atoms. The van der Waals surface area contributed by atoms with Crippen LogP contribution in [-0.4, -0.2) is 34.3 Å². The van der Waals surface area contributed by atoms with E-state index < -0.39 is 16.0 Å². The van der Waals surface area contributed by atoms with Gasteiger partial charge in [-0.05, 0) is 18.6 Å². The Kier molecular flexibility index (Phi) is 4.72. The largest absolute Gasteiger partial charge is 0.465 e. The molecule has 5 nitrogen and oxygen atoms in total. The molecular formula is C12H17NO4S. The minimum atomic E-state index is -3.40. The van der Waals surface area contributed by atoms with Crippen molar-refractivity contribution in [2.24, 2.45) is 0 Å². The van der Waals surface area contributed by atoms with E-state index in [1.54, 1.807) is 31.2 Å². The van der Waals surface area contributed by atoms with E-state index in [1.165, 1.54) is 14.2 Å². The molecular weight excluding hydrogens is 254 g/mol. The molecule has 0 heterocycles. The number of anilines is 1. The number of methoxy groups -OCH3 is 1. The number of hydrogen-bond donors (Lipinski definition) is 0. The Bertz CT molecular complexity index is 525. The third-order valence-electron chi connectivity index (χ3n) is 2.53. The standard InChI is InChI=1S/C12H17NO4S/c1-4-9-18(15,16)13(2)11-8-6-5-7-10(11)12(14)17-3/h5-8H,4,9H2,1-3H3. The number of nitrogens with zero attached hydrogens (tertiary/aromatic N) is 1. The Morgan fingerprint density at radius 1 is 1.33 bits per heavy atom. The zero-order valence-electron chi connectivity index (χ0n) is 10.7. The Hall–Kier alpha value is -1.56. The third kappa shape index (κ3) is 3.01. The topological polar surface area (TPSA) is 63.7 Å². The van der Waals surface area contributed by atoms with Gasteiger partial charge in [-0.25, -0.2) is 13.2 Å². The van der Waals surface area contributed by atoms with E-state index in [0.29, 0.717) is 12.1 Å². The molecule has 1 aromatic rings. The van der Waals surface area contributed by atoms with Gasteiger partial charge in [-0.3, -0.25) is 4.31 Å². The van der Waals surface area contributed by atoms with Crippen molar-refractivity contribution in [1.82, 2.24) is 0 Å². The van der Waals surface area contributed by atoms with Gasteiger partial charge in [0.2, 0.25) is 10.0 Å². The van der Waals surface area contributed by atoms with Crippen LogP contribution in [0.2, 0.25) is 0 Å². The van der Waals surface area contributed by atoms with Crippen molar-refractivity contribution in [3.63, 3.8) is 0 Å². The number of hydrogen-bond acceptors (Lipinski definition) is 4. The van der Waals surface area contributed by atoms with Crippen LogP contribution in [0, 0.1) is 0 Å². The first kappa shape index (κ1) is 14.5. The second kappa shape index (κ2) is 5.86. The molecule has 0 aromatic heterocycles. The van der Waals surface area contributed by atoms with Crippen molar-refractivity contribution in [1.29, 1.82) is 0 Å². The van der Waals surface area contributed by atoms with E-state index in [0.717, 1.165) is 4.31 Å². The highest BCUT2D eigenvalue weighted by Crippen LogP contribution is 2.22. The first-order valence-electron chi connectivity index (χ1n) is 5.58. The minimum Gasteiger partial charge on any atom is -0.465 e. The molecule has 0 fully saturated rings. The number of carbonyl (C=O) groups excluding carboxylic acids is 1. The SMILES string of the molecule is CCCS(=O)(=O)N(C)c1ccccc1C(=O)OC. The molecule has 0 N–H and O–H groups in total. The van der Waals surface area contributed by atoms with Gasteiger partial charge in [0.05, 0.1) is 24.1 Å². The molecule has 18 heavy (non-hydrogen) atoms. The Morgan fingerprint density at radius 2 is 1.94 bits per heavy atom. The van der Waals surface area contributed by atoms with Crippen LogP contribution in [0.15, 0.2) is 24.3 Å². The second-order valence-corrected chi connectivity index (χ2v) is 5.91. The van der Waals surface area contributed by atoms with Crippen LogP contribution in [0.4, 0.5) is 5.69 Å². The lowest BCUT2D eigenvalue weighted by atomic mass is 10.2. The lowest BCUT2D eigenvalue weighted by Gasteiger charge is -2.21. The van der Waals surface area contributed by atoms with E-state index in [-0.39, 0.29) is 11.3 Å². The van der Waals surface area contributed by atoms with Gasteiger partial charge in [0.15, 0.2) is 0 Å². The molecule has 0 aliphatic heterocycles. The van der Waals surface area contributed by atoms with Crippen molar-refractivity contribution in [3.8, 4) is 0 Å². The van der Waals surface area contributed by atoms with Gasteiger partial charge < -0.3 is 4.74 Å². The molecule has 0 aliphatic carbocycles. The molecule has 6 heteroatoms. The van der Waals surface area contributed by atoms with Crippen LogP contribution in [-0.2, 0) is 14.8 Å². The summed E-state index contributed by atoms with van der Waals surface area (Å²) < 4.78 is 29.7. The second-order valence-electron chi connectivity index (χ2n) is 3.79. The quantitative estimate of drug-likeness (QED) is 0.764. The highest BCUT2D eigenvalue weighted by molar-refractivity contribution is 7.92. The fourth-order valence-corrected chi connectivity index (χ4v) is 2.82. The van der Waals surface area contributed by atoms with E-state index >= 15 is 0 Å². The smallest absolute Gasteiger partial charge is 0.340 e. The summed E-state index contributed by atoms with van der Waals surface area (Å²) in [5.41, 5.74) is 0.569. The van der Waals surface area contributed by atoms with E-state index in [9.17, 15) is 13.2 Å². The van der Waals surface area contributed by atoms with Crippen LogP contribution in [0.1, 0.15) is 23.7 Å². The maximum Gasteiger partial charge on any atom is 0.340 e. The van der Waals surface area contributed by atoms with Crippen molar-refractivity contribution in [2.45, 2.75) is 13.3 Å². The van der Waals surface area contributed by atoms with E-state index in [4.69, 9.17) is 0 Å². The van der Waals surface area contributed by atoms with Crippen molar-refractivity contribution < 1.29 is 17.9 Å². The van der Waals surface area contributed by atoms with Crippen LogP contribution in [0.3, 0.4) is 0 Å². The van der Waals surface area contributed by atoms with Crippen molar-refractivity contribution in [3.05, 3.63) is 29.8 Å². The first-order valence-corrected chi connectivity index (χ1v) is 7.19. The lowest BCUT2D eigenvalue weighted by molar-refractivity contribution is 0.0601. The molecule has 0 unspecified atom stereocenters. The zero-order chi connectivity index (χ0) is 13.8. The average molecular weight is 271 g/mol. The summed E-state index contributed by atoms with van der Waals surface area (Å²) in [6.45, 7) is 1.79. The van der Waals surface area contributed by atoms with Gasteiger partial charge >= 0.3 is 5.97 Å². The molecule has 1 rings (SSSR count). The van der Waals surface area contributed by atoms with Gasteiger partial charge in [0, 0.05) is 7.05 Å². The number of benzene rings is 1. The molecule has 100 valence electrons. The lowest BCUT2D eigenvalue weighted by Crippen LogP contribution is -2.30. The highest BCUT2D eigenvalue weighted by atomic mass is 32.2. The monoisotopic (exact) mass is 271 g/mol. The van der Waals surface area contributed by atoms with E-state index in [1.807, 2.05) is 0 Å². The summed E-state index contributed by atoms with van der Waals surface area (Å²) in [6.07, 6.45) is 0.521. The molecule has 0 radical (unpaired) electrons. The Labute approximate surface area is 107 Å². The molecule has 0 spiro atoms. The number of ether oxygens (including phenoxy) is 1. The minimum absolute atomic E-state index is 0.0407. The van der Waals surface area contributed by atoms with E-state index in [2.05, 4.69) is 4.74 Å². The zero-order valence-corrected chi connectivity index (χ0v) is 11.5. The molecule has 0 atom stereocenters. The summed E-state index contributed by atoms with van der Waals surface area (Å²) in [5, 5.41) is 0. The van der Waals surface area contributed by atoms with Gasteiger partial charge in [0.25, 0.3) is 0 Å². The fourth-order valence-electron chi connectivity index (χ4n) is 1.58. The first-order chi connectivity index (χ1) is 8.44. The molecule has 0 amide bonds. The number of rotatable bonds is 5. The number of sulfonamides is 1. The third-order valence-corrected chi connectivity index (χ3v) is 4.48. The maximum absolute atomic E-state index is 12.0. The summed E-state index contributed by atoms with van der Waals surface area (Å²) in [5.74, 6) is -0.511. The van der Waals surface area contributed by atoms with Gasteiger partial charge in [0.1, 0.15) is 0 Å². The highest BCUT2D eigenvalue weighted by Gasteiger charge is 2.22. The molecule has 1 aromatic carbocycles. The van der Waals surface area contributed by atoms with Gasteiger partial charge in [-0.15, -0.1) is 0 Å². The summed E-state index contributed by atoms with van der Waals surface area (Å²) in [6, 6.07) is 6.47. The van der Waals surface area contributed by atoms with Gasteiger partial charge in [-0.1, -0.05) is 19.1 Å². The summed E-state index contributed by atoms with van der Waals surface area (Å²) >= 11 is 0. The molecule has 0 aliphatic rings. The Morgan fingerprint density at radius 3 is 2.50 bits per heavy atom. The fraction of sp³-hybridized carbons (Fsp3) is 0.417. The summed E-state index contributed by atoms with van der Waals surface area (Å²) in [4.78, 5) is 11.6. The maximum atomic E-state index is 12.0. The predicted molar refractivity (Wildman–Crippen MR) is 70.3 cm³/mol. The average Bonchev–Trinajstić information content (AvgIpc) is 2.37. The van der Waals surface area contributed by atoms with Crippen molar-refractivity contribution in [2.75, 3.05) is 24.2 Å². The van der Waals surface area contributed by atoms with Gasteiger partial charge in [-0.2, -0.15) is 0 Å².